The molecule has 2 heteroatoms. The quantitative estimate of drug-likeness (QED) is 0.686. The van der Waals surface area contributed by atoms with Gasteiger partial charge in [0.25, 0.3) is 0 Å². The minimum atomic E-state index is -0.143. The molecule has 0 saturated carbocycles. The Morgan fingerprint density at radius 2 is 2.07 bits per heavy atom. The summed E-state index contributed by atoms with van der Waals surface area (Å²) in [6.07, 6.45) is 4.08. The lowest BCUT2D eigenvalue weighted by atomic mass is 9.97. The molecule has 0 saturated heterocycles. The maximum atomic E-state index is 6.10. The number of pyridine rings is 1. The third-order valence-corrected chi connectivity index (χ3v) is 2.66. The van der Waals surface area contributed by atoms with E-state index in [1.807, 2.05) is 27.0 Å². The minimum Gasteiger partial charge on any atom is -0.322 e. The van der Waals surface area contributed by atoms with E-state index in [2.05, 4.69) is 18.0 Å². The Labute approximate surface area is 86.5 Å². The third-order valence-electron chi connectivity index (χ3n) is 2.66. The van der Waals surface area contributed by atoms with Gasteiger partial charge < -0.3 is 5.73 Å². The van der Waals surface area contributed by atoms with Crippen LogP contribution < -0.4 is 5.73 Å². The second-order valence-corrected chi connectivity index (χ2v) is 3.90. The van der Waals surface area contributed by atoms with Gasteiger partial charge >= 0.3 is 0 Å². The summed E-state index contributed by atoms with van der Waals surface area (Å²) in [7, 11) is 0. The number of nitrogens with zero attached hydrogens (tertiary/aromatic N) is 1. The van der Waals surface area contributed by atoms with Crippen molar-refractivity contribution >= 4 is 0 Å². The van der Waals surface area contributed by atoms with Gasteiger partial charge in [-0.1, -0.05) is 13.8 Å². The van der Waals surface area contributed by atoms with E-state index in [1.54, 1.807) is 0 Å². The molecule has 1 aliphatic rings. The summed E-state index contributed by atoms with van der Waals surface area (Å²) in [5.41, 5.74) is 9.66. The van der Waals surface area contributed by atoms with Crippen molar-refractivity contribution in [2.75, 3.05) is 0 Å². The van der Waals surface area contributed by atoms with Crippen molar-refractivity contribution in [1.29, 1.82) is 0 Å². The monoisotopic (exact) mass is 192 g/mol. The van der Waals surface area contributed by atoms with Crippen molar-refractivity contribution in [1.82, 2.24) is 4.98 Å². The SMILES string of the molecule is CC.Cc1cc2c(cn1)C(C)(N)CC2. The first-order valence-corrected chi connectivity index (χ1v) is 5.34. The van der Waals surface area contributed by atoms with E-state index in [4.69, 9.17) is 5.73 Å². The second kappa shape index (κ2) is 4.09. The van der Waals surface area contributed by atoms with Crippen LogP contribution in [0.25, 0.3) is 0 Å². The van der Waals surface area contributed by atoms with Crippen LogP contribution in [0, 0.1) is 6.92 Å². The van der Waals surface area contributed by atoms with E-state index in [-0.39, 0.29) is 5.54 Å². The lowest BCUT2D eigenvalue weighted by Gasteiger charge is -2.18. The number of aryl methyl sites for hydroxylation is 2. The summed E-state index contributed by atoms with van der Waals surface area (Å²) in [5, 5.41) is 0. The molecule has 0 fully saturated rings. The van der Waals surface area contributed by atoms with E-state index < -0.39 is 0 Å². The summed E-state index contributed by atoms with van der Waals surface area (Å²) in [6.45, 7) is 8.10. The molecule has 0 aliphatic heterocycles. The van der Waals surface area contributed by atoms with Crippen LogP contribution in [0.15, 0.2) is 12.3 Å². The summed E-state index contributed by atoms with van der Waals surface area (Å²) in [4.78, 5) is 4.27. The zero-order chi connectivity index (χ0) is 10.8. The molecule has 2 rings (SSSR count). The van der Waals surface area contributed by atoms with Gasteiger partial charge in [-0.3, -0.25) is 4.98 Å². The molecule has 14 heavy (non-hydrogen) atoms. The summed E-state index contributed by atoms with van der Waals surface area (Å²) in [5.74, 6) is 0. The lowest BCUT2D eigenvalue weighted by molar-refractivity contribution is 0.491. The highest BCUT2D eigenvalue weighted by atomic mass is 14.8. The van der Waals surface area contributed by atoms with E-state index in [9.17, 15) is 0 Å². The molecule has 0 radical (unpaired) electrons. The van der Waals surface area contributed by atoms with Crippen LogP contribution in [-0.4, -0.2) is 4.98 Å². The molecule has 1 heterocycles. The summed E-state index contributed by atoms with van der Waals surface area (Å²) < 4.78 is 0. The molecule has 1 aromatic heterocycles. The molecule has 1 aromatic rings. The van der Waals surface area contributed by atoms with Crippen LogP contribution in [0.2, 0.25) is 0 Å². The molecule has 2 N–H and O–H groups in total. The van der Waals surface area contributed by atoms with E-state index in [0.29, 0.717) is 0 Å². The number of hydrogen-bond donors (Lipinski definition) is 1. The Morgan fingerprint density at radius 3 is 2.71 bits per heavy atom. The minimum absolute atomic E-state index is 0.143. The Bertz CT molecular complexity index is 316. The summed E-state index contributed by atoms with van der Waals surface area (Å²) >= 11 is 0. The maximum Gasteiger partial charge on any atom is 0.0402 e. The molecule has 0 bridgehead atoms. The van der Waals surface area contributed by atoms with Crippen LogP contribution in [0.4, 0.5) is 0 Å². The standard InChI is InChI=1S/C10H14N2.C2H6/c1-7-5-8-3-4-10(2,11)9(8)6-12-7;1-2/h5-6H,3-4,11H2,1-2H3;1-2H3. The van der Waals surface area contributed by atoms with Gasteiger partial charge in [-0.05, 0) is 43.9 Å². The third kappa shape index (κ3) is 1.95. The van der Waals surface area contributed by atoms with E-state index >= 15 is 0 Å². The van der Waals surface area contributed by atoms with Gasteiger partial charge in [-0.2, -0.15) is 0 Å². The van der Waals surface area contributed by atoms with E-state index in [1.165, 1.54) is 11.1 Å². The van der Waals surface area contributed by atoms with Crippen molar-refractivity contribution in [3.63, 3.8) is 0 Å². The molecule has 0 aromatic carbocycles. The van der Waals surface area contributed by atoms with Crippen molar-refractivity contribution in [2.45, 2.75) is 46.1 Å². The maximum absolute atomic E-state index is 6.10. The average Bonchev–Trinajstić information content (AvgIpc) is 2.45. The van der Waals surface area contributed by atoms with Crippen LogP contribution in [-0.2, 0) is 12.0 Å². The molecule has 1 atom stereocenters. The number of hydrogen-bond acceptors (Lipinski definition) is 2. The predicted molar refractivity (Wildman–Crippen MR) is 60.2 cm³/mol. The van der Waals surface area contributed by atoms with Gasteiger partial charge in [-0.15, -0.1) is 0 Å². The van der Waals surface area contributed by atoms with Gasteiger partial charge in [0.05, 0.1) is 0 Å². The highest BCUT2D eigenvalue weighted by Crippen LogP contribution is 2.33. The average molecular weight is 192 g/mol. The first kappa shape index (κ1) is 11.2. The highest BCUT2D eigenvalue weighted by molar-refractivity contribution is 5.36. The number of aromatic nitrogens is 1. The largest absolute Gasteiger partial charge is 0.322 e. The van der Waals surface area contributed by atoms with Crippen LogP contribution in [0.3, 0.4) is 0 Å². The van der Waals surface area contributed by atoms with Gasteiger partial charge in [-0.25, -0.2) is 0 Å². The molecular formula is C12H20N2. The highest BCUT2D eigenvalue weighted by Gasteiger charge is 2.30. The van der Waals surface area contributed by atoms with E-state index in [0.717, 1.165) is 18.5 Å². The topological polar surface area (TPSA) is 38.9 Å². The van der Waals surface area contributed by atoms with Crippen LogP contribution in [0.5, 0.6) is 0 Å². The zero-order valence-electron chi connectivity index (χ0n) is 9.59. The Kier molecular flexibility index (Phi) is 3.27. The first-order valence-electron chi connectivity index (χ1n) is 5.34. The Hall–Kier alpha value is -0.890. The van der Waals surface area contributed by atoms with Gasteiger partial charge in [0, 0.05) is 17.4 Å². The number of nitrogens with two attached hydrogens (primary N) is 1. The normalized spacial score (nSPS) is 23.8. The van der Waals surface area contributed by atoms with Gasteiger partial charge in [0.15, 0.2) is 0 Å². The fourth-order valence-electron chi connectivity index (χ4n) is 1.87. The molecule has 78 valence electrons. The molecule has 1 unspecified atom stereocenters. The molecule has 0 amide bonds. The zero-order valence-corrected chi connectivity index (χ0v) is 9.59. The van der Waals surface area contributed by atoms with Crippen molar-refractivity contribution in [2.24, 2.45) is 5.73 Å². The second-order valence-electron chi connectivity index (χ2n) is 3.90. The molecule has 0 spiro atoms. The van der Waals surface area contributed by atoms with Crippen molar-refractivity contribution in [3.8, 4) is 0 Å². The predicted octanol–water partition coefficient (Wildman–Crippen LogP) is 2.54. The fraction of sp³-hybridized carbons (Fsp3) is 0.583. The van der Waals surface area contributed by atoms with Crippen LogP contribution >= 0.6 is 0 Å². The van der Waals surface area contributed by atoms with Crippen molar-refractivity contribution < 1.29 is 0 Å². The fourth-order valence-corrected chi connectivity index (χ4v) is 1.87. The molecule has 1 aliphatic carbocycles. The Morgan fingerprint density at radius 1 is 1.43 bits per heavy atom. The first-order chi connectivity index (χ1) is 6.59. The Balaban J connectivity index is 0.000000461. The number of fused-ring (bicyclic) bond motifs is 1. The molecule has 2 nitrogen and oxygen atoms in total. The summed E-state index contributed by atoms with van der Waals surface area (Å²) in [6, 6.07) is 2.15. The van der Waals surface area contributed by atoms with Crippen molar-refractivity contribution in [3.05, 3.63) is 29.1 Å². The van der Waals surface area contributed by atoms with Crippen LogP contribution in [0.1, 0.15) is 44.0 Å². The van der Waals surface area contributed by atoms with Gasteiger partial charge in [0.2, 0.25) is 0 Å². The van der Waals surface area contributed by atoms with Gasteiger partial charge in [0.1, 0.15) is 0 Å². The number of rotatable bonds is 0. The molecular weight excluding hydrogens is 172 g/mol. The lowest BCUT2D eigenvalue weighted by Crippen LogP contribution is -2.29. The smallest absolute Gasteiger partial charge is 0.0402 e.